The number of nitrogens with zero attached hydrogens (tertiary/aromatic N) is 3. The van der Waals surface area contributed by atoms with Crippen molar-refractivity contribution >= 4 is 38.9 Å². The van der Waals surface area contributed by atoms with Gasteiger partial charge in [0.15, 0.2) is 0 Å². The van der Waals surface area contributed by atoms with Crippen LogP contribution in [0.5, 0.6) is 0 Å². The lowest BCUT2D eigenvalue weighted by molar-refractivity contribution is 1.27. The van der Waals surface area contributed by atoms with Crippen LogP contribution in [0.1, 0.15) is 0 Å². The average molecular weight is 652 g/mol. The Morgan fingerprint density at radius 2 is 0.706 bits per heavy atom. The fourth-order valence-corrected chi connectivity index (χ4v) is 6.92. The maximum Gasteiger partial charge on any atom is 0.0973 e. The van der Waals surface area contributed by atoms with Crippen LogP contribution in [-0.4, -0.2) is 9.97 Å². The minimum absolute atomic E-state index is 0.850. The predicted octanol–water partition coefficient (Wildman–Crippen LogP) is 12.9. The summed E-state index contributed by atoms with van der Waals surface area (Å²) in [6, 6.07) is 70.2. The van der Waals surface area contributed by atoms with E-state index >= 15 is 0 Å². The van der Waals surface area contributed by atoms with Crippen molar-refractivity contribution in [2.75, 3.05) is 4.90 Å². The minimum Gasteiger partial charge on any atom is -0.311 e. The Morgan fingerprint density at radius 3 is 1.27 bits per heavy atom. The third-order valence-electron chi connectivity index (χ3n) is 9.42. The number of hydrogen-bond acceptors (Lipinski definition) is 3. The lowest BCUT2D eigenvalue weighted by atomic mass is 9.92. The largest absolute Gasteiger partial charge is 0.311 e. The predicted molar refractivity (Wildman–Crippen MR) is 213 cm³/mol. The Bertz CT molecular complexity index is 2560. The van der Waals surface area contributed by atoms with E-state index in [1.165, 1.54) is 10.8 Å². The van der Waals surface area contributed by atoms with E-state index in [2.05, 4.69) is 187 Å². The lowest BCUT2D eigenvalue weighted by Crippen LogP contribution is -2.09. The lowest BCUT2D eigenvalue weighted by Gasteiger charge is -2.25. The maximum absolute atomic E-state index is 5.42. The highest BCUT2D eigenvalue weighted by molar-refractivity contribution is 5.98. The van der Waals surface area contributed by atoms with E-state index in [1.54, 1.807) is 0 Å². The number of anilines is 3. The number of para-hydroxylation sites is 2. The molecule has 0 fully saturated rings. The Hall–Kier alpha value is -6.84. The zero-order valence-corrected chi connectivity index (χ0v) is 27.9. The molecule has 8 aromatic carbocycles. The van der Waals surface area contributed by atoms with E-state index in [1.807, 2.05) is 18.2 Å². The molecule has 0 aliphatic heterocycles. The van der Waals surface area contributed by atoms with Crippen LogP contribution in [0.4, 0.5) is 17.1 Å². The maximum atomic E-state index is 5.42. The van der Waals surface area contributed by atoms with Gasteiger partial charge in [-0.1, -0.05) is 146 Å². The molecular formula is C48H33N3. The molecule has 0 radical (unpaired) electrons. The fourth-order valence-electron chi connectivity index (χ4n) is 6.92. The van der Waals surface area contributed by atoms with Gasteiger partial charge >= 0.3 is 0 Å². The van der Waals surface area contributed by atoms with Gasteiger partial charge in [0.05, 0.1) is 22.4 Å². The zero-order chi connectivity index (χ0) is 34.0. The van der Waals surface area contributed by atoms with Gasteiger partial charge in [-0.25, -0.2) is 9.97 Å². The summed E-state index contributed by atoms with van der Waals surface area (Å²) >= 11 is 0. The fraction of sp³-hybridized carbons (Fsp3) is 0. The van der Waals surface area contributed by atoms with Crippen LogP contribution in [0.15, 0.2) is 200 Å². The molecule has 1 aromatic heterocycles. The van der Waals surface area contributed by atoms with Crippen LogP contribution in [0.2, 0.25) is 0 Å². The SMILES string of the molecule is c1ccc(-c2cc3nc(-c4ccccc4)c(-c4ccc(N(c5ccccc5)c5ccccc5)cc4)nc3cc2-c2ccc3ccccc3c2)cc1. The van der Waals surface area contributed by atoms with Crippen LogP contribution >= 0.6 is 0 Å². The molecule has 0 saturated heterocycles. The Kier molecular flexibility index (Phi) is 7.84. The van der Waals surface area contributed by atoms with Crippen molar-refractivity contribution in [1.82, 2.24) is 9.97 Å². The van der Waals surface area contributed by atoms with E-state index in [9.17, 15) is 0 Å². The number of benzene rings is 8. The Balaban J connectivity index is 1.23. The van der Waals surface area contributed by atoms with Crippen molar-refractivity contribution in [2.24, 2.45) is 0 Å². The number of hydrogen-bond donors (Lipinski definition) is 0. The molecule has 3 heteroatoms. The summed E-state index contributed by atoms with van der Waals surface area (Å²) in [7, 11) is 0. The number of fused-ring (bicyclic) bond motifs is 2. The summed E-state index contributed by atoms with van der Waals surface area (Å²) in [6.45, 7) is 0. The van der Waals surface area contributed by atoms with Gasteiger partial charge in [-0.05, 0) is 87.6 Å². The highest BCUT2D eigenvalue weighted by atomic mass is 15.1. The highest BCUT2D eigenvalue weighted by Crippen LogP contribution is 2.40. The van der Waals surface area contributed by atoms with Crippen molar-refractivity contribution < 1.29 is 0 Å². The third kappa shape index (κ3) is 5.92. The van der Waals surface area contributed by atoms with Gasteiger partial charge in [0, 0.05) is 28.2 Å². The molecule has 0 spiro atoms. The van der Waals surface area contributed by atoms with E-state index in [4.69, 9.17) is 9.97 Å². The van der Waals surface area contributed by atoms with Crippen LogP contribution in [0.25, 0.3) is 66.6 Å². The van der Waals surface area contributed by atoms with Gasteiger partial charge < -0.3 is 4.90 Å². The second kappa shape index (κ2) is 13.2. The topological polar surface area (TPSA) is 29.0 Å². The van der Waals surface area contributed by atoms with Gasteiger partial charge in [0.1, 0.15) is 0 Å². The van der Waals surface area contributed by atoms with Crippen LogP contribution in [0, 0.1) is 0 Å². The minimum atomic E-state index is 0.850. The van der Waals surface area contributed by atoms with Gasteiger partial charge in [-0.15, -0.1) is 0 Å². The highest BCUT2D eigenvalue weighted by Gasteiger charge is 2.18. The molecule has 3 nitrogen and oxygen atoms in total. The summed E-state index contributed by atoms with van der Waals surface area (Å²) in [4.78, 5) is 13.1. The zero-order valence-electron chi connectivity index (χ0n) is 27.9. The molecule has 240 valence electrons. The summed E-state index contributed by atoms with van der Waals surface area (Å²) in [5.41, 5.74) is 13.3. The first-order chi connectivity index (χ1) is 25.3. The van der Waals surface area contributed by atoms with E-state index in [0.29, 0.717) is 0 Å². The summed E-state index contributed by atoms with van der Waals surface area (Å²) in [5.74, 6) is 0. The van der Waals surface area contributed by atoms with E-state index in [-0.39, 0.29) is 0 Å². The standard InChI is InChI=1S/C48H33N3/c1-5-16-35(17-6-1)43-32-45-46(33-44(43)39-26-25-34-15-13-14-20-38(34)31-39)50-48(47(49-45)36-18-7-2-8-19-36)37-27-29-42(30-28-37)51(40-21-9-3-10-22-40)41-23-11-4-12-24-41/h1-33H. The number of aromatic nitrogens is 2. The molecule has 0 bridgehead atoms. The molecule has 0 amide bonds. The molecule has 0 unspecified atom stereocenters. The smallest absolute Gasteiger partial charge is 0.0973 e. The van der Waals surface area contributed by atoms with Crippen molar-refractivity contribution in [1.29, 1.82) is 0 Å². The van der Waals surface area contributed by atoms with Crippen LogP contribution in [-0.2, 0) is 0 Å². The molecule has 9 rings (SSSR count). The van der Waals surface area contributed by atoms with Crippen molar-refractivity contribution in [3.63, 3.8) is 0 Å². The third-order valence-corrected chi connectivity index (χ3v) is 9.42. The van der Waals surface area contributed by atoms with E-state index < -0.39 is 0 Å². The number of rotatable bonds is 7. The second-order valence-corrected chi connectivity index (χ2v) is 12.7. The van der Waals surface area contributed by atoms with Crippen molar-refractivity contribution in [3.8, 4) is 44.8 Å². The quantitative estimate of drug-likeness (QED) is 0.172. The summed E-state index contributed by atoms with van der Waals surface area (Å²) < 4.78 is 0. The molecule has 51 heavy (non-hydrogen) atoms. The first kappa shape index (κ1) is 30.2. The average Bonchev–Trinajstić information content (AvgIpc) is 3.21. The molecule has 9 aromatic rings. The molecule has 0 atom stereocenters. The molecule has 0 saturated carbocycles. The normalized spacial score (nSPS) is 11.1. The van der Waals surface area contributed by atoms with Gasteiger partial charge in [0.2, 0.25) is 0 Å². The molecular weight excluding hydrogens is 619 g/mol. The molecule has 0 aliphatic rings. The van der Waals surface area contributed by atoms with Crippen LogP contribution in [0.3, 0.4) is 0 Å². The summed E-state index contributed by atoms with van der Waals surface area (Å²) in [5, 5.41) is 2.43. The van der Waals surface area contributed by atoms with Gasteiger partial charge in [-0.2, -0.15) is 0 Å². The van der Waals surface area contributed by atoms with Crippen LogP contribution < -0.4 is 4.90 Å². The van der Waals surface area contributed by atoms with Gasteiger partial charge in [0.25, 0.3) is 0 Å². The molecule has 0 aliphatic carbocycles. The Labute approximate surface area is 297 Å². The summed E-state index contributed by atoms with van der Waals surface area (Å²) in [6.07, 6.45) is 0. The monoisotopic (exact) mass is 651 g/mol. The van der Waals surface area contributed by atoms with Crippen molar-refractivity contribution in [3.05, 3.63) is 200 Å². The second-order valence-electron chi connectivity index (χ2n) is 12.7. The molecule has 0 N–H and O–H groups in total. The first-order valence-corrected chi connectivity index (χ1v) is 17.2. The first-order valence-electron chi connectivity index (χ1n) is 17.2. The van der Waals surface area contributed by atoms with Gasteiger partial charge in [-0.3, -0.25) is 0 Å². The molecule has 1 heterocycles. The van der Waals surface area contributed by atoms with E-state index in [0.717, 1.165) is 72.9 Å². The Morgan fingerprint density at radius 1 is 0.294 bits per heavy atom. The van der Waals surface area contributed by atoms with Crippen molar-refractivity contribution in [2.45, 2.75) is 0 Å².